The lowest BCUT2D eigenvalue weighted by molar-refractivity contribution is 0.0708. The number of halogens is 1. The van der Waals surface area contributed by atoms with E-state index in [9.17, 15) is 9.18 Å². The summed E-state index contributed by atoms with van der Waals surface area (Å²) in [5, 5.41) is 1.63. The number of H-pyrrole nitrogens is 1. The number of aromatic amines is 1. The molecular formula is C21H18FN3OS. The lowest BCUT2D eigenvalue weighted by Crippen LogP contribution is -2.38. The quantitative estimate of drug-likeness (QED) is 0.536. The van der Waals surface area contributed by atoms with Crippen LogP contribution in [0.25, 0.3) is 21.1 Å². The first kappa shape index (κ1) is 16.4. The Bertz CT molecular complexity index is 1110. The van der Waals surface area contributed by atoms with Gasteiger partial charge in [-0.25, -0.2) is 9.37 Å². The van der Waals surface area contributed by atoms with Crippen LogP contribution in [0.5, 0.6) is 0 Å². The van der Waals surface area contributed by atoms with Gasteiger partial charge in [-0.05, 0) is 43.2 Å². The van der Waals surface area contributed by atoms with E-state index in [1.165, 1.54) is 10.8 Å². The fraction of sp³-hybridized carbons (Fsp3) is 0.238. The van der Waals surface area contributed by atoms with E-state index in [2.05, 4.69) is 11.1 Å². The summed E-state index contributed by atoms with van der Waals surface area (Å²) in [6.07, 6.45) is 1.81. The Kier molecular flexibility index (Phi) is 3.93. The molecule has 1 saturated heterocycles. The molecule has 0 aliphatic carbocycles. The maximum Gasteiger partial charge on any atom is 0.270 e. The Morgan fingerprint density at radius 2 is 1.96 bits per heavy atom. The van der Waals surface area contributed by atoms with Crippen LogP contribution in [0.1, 0.15) is 34.3 Å². The number of rotatable bonds is 2. The lowest BCUT2D eigenvalue weighted by Gasteiger charge is -2.30. The maximum absolute atomic E-state index is 13.9. The van der Waals surface area contributed by atoms with Crippen LogP contribution < -0.4 is 0 Å². The van der Waals surface area contributed by atoms with Crippen LogP contribution in [0, 0.1) is 5.82 Å². The standard InChI is InChI=1S/C21H18FN3OS/c22-15-4-3-6-16-14(15)12-18(23-16)21(26)25-10-8-13(9-11-25)20-24-17-5-1-2-7-19(17)27-20/h1-7,12-13,23H,8-11H2. The van der Waals surface area contributed by atoms with E-state index in [4.69, 9.17) is 4.98 Å². The largest absolute Gasteiger partial charge is 0.350 e. The molecule has 0 unspecified atom stereocenters. The van der Waals surface area contributed by atoms with Gasteiger partial charge < -0.3 is 9.88 Å². The van der Waals surface area contributed by atoms with Crippen LogP contribution >= 0.6 is 11.3 Å². The zero-order chi connectivity index (χ0) is 18.4. The number of thiazole rings is 1. The molecule has 1 amide bonds. The predicted molar refractivity (Wildman–Crippen MR) is 106 cm³/mol. The molecule has 6 heteroatoms. The molecule has 4 aromatic rings. The normalized spacial score (nSPS) is 15.7. The van der Waals surface area contributed by atoms with Crippen molar-refractivity contribution in [2.24, 2.45) is 0 Å². The Morgan fingerprint density at radius 1 is 1.15 bits per heavy atom. The highest BCUT2D eigenvalue weighted by molar-refractivity contribution is 7.18. The number of carbonyl (C=O) groups is 1. The van der Waals surface area contributed by atoms with Gasteiger partial charge in [0.25, 0.3) is 5.91 Å². The van der Waals surface area contributed by atoms with E-state index in [0.717, 1.165) is 23.4 Å². The summed E-state index contributed by atoms with van der Waals surface area (Å²) >= 11 is 1.75. The molecule has 2 aromatic heterocycles. The molecule has 3 heterocycles. The third-order valence-electron chi connectivity index (χ3n) is 5.28. The third kappa shape index (κ3) is 2.90. The van der Waals surface area contributed by atoms with E-state index < -0.39 is 0 Å². The predicted octanol–water partition coefficient (Wildman–Crippen LogP) is 4.94. The summed E-state index contributed by atoms with van der Waals surface area (Å²) < 4.78 is 15.1. The minimum absolute atomic E-state index is 0.0617. The fourth-order valence-corrected chi connectivity index (χ4v) is 4.93. The maximum atomic E-state index is 13.9. The number of piperidine rings is 1. The van der Waals surface area contributed by atoms with Crippen molar-refractivity contribution >= 4 is 38.4 Å². The molecule has 136 valence electrons. The van der Waals surface area contributed by atoms with Gasteiger partial charge in [0.05, 0.1) is 15.2 Å². The molecule has 27 heavy (non-hydrogen) atoms. The Hall–Kier alpha value is -2.73. The van der Waals surface area contributed by atoms with Gasteiger partial charge in [-0.15, -0.1) is 11.3 Å². The van der Waals surface area contributed by atoms with Gasteiger partial charge >= 0.3 is 0 Å². The average molecular weight is 379 g/mol. The van der Waals surface area contributed by atoms with Gasteiger partial charge in [0, 0.05) is 29.9 Å². The Morgan fingerprint density at radius 3 is 2.74 bits per heavy atom. The zero-order valence-corrected chi connectivity index (χ0v) is 15.4. The summed E-state index contributed by atoms with van der Waals surface area (Å²) in [5.74, 6) is 0.0253. The number of para-hydroxylation sites is 1. The number of benzene rings is 2. The van der Waals surface area contributed by atoms with Crippen LogP contribution in [0.4, 0.5) is 4.39 Å². The number of aromatic nitrogens is 2. The van der Waals surface area contributed by atoms with Crippen molar-refractivity contribution in [2.75, 3.05) is 13.1 Å². The Labute approximate surface area is 159 Å². The number of carbonyl (C=O) groups excluding carboxylic acids is 1. The monoisotopic (exact) mass is 379 g/mol. The molecule has 0 radical (unpaired) electrons. The molecule has 0 bridgehead atoms. The van der Waals surface area contributed by atoms with Crippen LogP contribution in [0.15, 0.2) is 48.5 Å². The summed E-state index contributed by atoms with van der Waals surface area (Å²) in [6, 6.07) is 14.7. The number of hydrogen-bond acceptors (Lipinski definition) is 3. The molecule has 0 saturated carbocycles. The number of hydrogen-bond donors (Lipinski definition) is 1. The van der Waals surface area contributed by atoms with Gasteiger partial charge in [-0.2, -0.15) is 0 Å². The van der Waals surface area contributed by atoms with Gasteiger partial charge in [-0.3, -0.25) is 4.79 Å². The summed E-state index contributed by atoms with van der Waals surface area (Å²) in [5.41, 5.74) is 2.16. The molecule has 0 spiro atoms. The summed E-state index contributed by atoms with van der Waals surface area (Å²) in [7, 11) is 0. The van der Waals surface area contributed by atoms with Crippen molar-refractivity contribution in [1.82, 2.24) is 14.9 Å². The smallest absolute Gasteiger partial charge is 0.270 e. The van der Waals surface area contributed by atoms with Gasteiger partial charge in [0.15, 0.2) is 0 Å². The van der Waals surface area contributed by atoms with Crippen molar-refractivity contribution in [2.45, 2.75) is 18.8 Å². The Balaban J connectivity index is 1.31. The fourth-order valence-electron chi connectivity index (χ4n) is 3.80. The number of nitrogens with one attached hydrogen (secondary N) is 1. The van der Waals surface area contributed by atoms with Crippen LogP contribution in [-0.4, -0.2) is 33.9 Å². The molecule has 1 N–H and O–H groups in total. The van der Waals surface area contributed by atoms with Crippen LogP contribution in [0.2, 0.25) is 0 Å². The minimum Gasteiger partial charge on any atom is -0.350 e. The first-order valence-corrected chi connectivity index (χ1v) is 9.93. The van der Waals surface area contributed by atoms with Crippen molar-refractivity contribution in [3.05, 3.63) is 65.0 Å². The van der Waals surface area contributed by atoms with E-state index in [1.807, 2.05) is 23.1 Å². The zero-order valence-electron chi connectivity index (χ0n) is 14.6. The first-order chi connectivity index (χ1) is 13.2. The van der Waals surface area contributed by atoms with E-state index in [1.54, 1.807) is 29.5 Å². The van der Waals surface area contributed by atoms with Gasteiger partial charge in [0.1, 0.15) is 11.5 Å². The minimum atomic E-state index is -0.308. The molecule has 4 nitrogen and oxygen atoms in total. The third-order valence-corrected chi connectivity index (χ3v) is 6.48. The molecule has 0 atom stereocenters. The number of fused-ring (bicyclic) bond motifs is 2. The summed E-state index contributed by atoms with van der Waals surface area (Å²) in [6.45, 7) is 1.38. The van der Waals surface area contributed by atoms with Crippen molar-refractivity contribution < 1.29 is 9.18 Å². The highest BCUT2D eigenvalue weighted by atomic mass is 32.1. The summed E-state index contributed by atoms with van der Waals surface area (Å²) in [4.78, 5) is 22.5. The van der Waals surface area contributed by atoms with Crippen LogP contribution in [0.3, 0.4) is 0 Å². The number of likely N-dealkylation sites (tertiary alicyclic amines) is 1. The molecule has 1 aliphatic heterocycles. The number of amides is 1. The SMILES string of the molecule is O=C(c1cc2c(F)cccc2[nH]1)N1CCC(c2nc3ccccc3s2)CC1. The second-order valence-corrected chi connectivity index (χ2v) is 8.03. The van der Waals surface area contributed by atoms with Crippen LogP contribution in [-0.2, 0) is 0 Å². The van der Waals surface area contributed by atoms with E-state index in [0.29, 0.717) is 35.6 Å². The molecule has 5 rings (SSSR count). The van der Waals surface area contributed by atoms with Gasteiger partial charge in [0.2, 0.25) is 0 Å². The van der Waals surface area contributed by atoms with Gasteiger partial charge in [-0.1, -0.05) is 18.2 Å². The highest BCUT2D eigenvalue weighted by Gasteiger charge is 2.27. The van der Waals surface area contributed by atoms with Crippen molar-refractivity contribution in [3.63, 3.8) is 0 Å². The first-order valence-electron chi connectivity index (χ1n) is 9.11. The highest BCUT2D eigenvalue weighted by Crippen LogP contribution is 2.34. The molecule has 2 aromatic carbocycles. The van der Waals surface area contributed by atoms with E-state index >= 15 is 0 Å². The molecule has 1 aliphatic rings. The lowest BCUT2D eigenvalue weighted by atomic mass is 9.97. The second-order valence-electron chi connectivity index (χ2n) is 6.97. The number of nitrogens with zero attached hydrogens (tertiary/aromatic N) is 2. The van der Waals surface area contributed by atoms with E-state index in [-0.39, 0.29) is 11.7 Å². The molecular weight excluding hydrogens is 361 g/mol. The second kappa shape index (κ2) is 6.46. The van der Waals surface area contributed by atoms with Crippen molar-refractivity contribution in [1.29, 1.82) is 0 Å². The molecule has 1 fully saturated rings. The topological polar surface area (TPSA) is 49.0 Å². The average Bonchev–Trinajstić information content (AvgIpc) is 3.32. The van der Waals surface area contributed by atoms with Crippen molar-refractivity contribution in [3.8, 4) is 0 Å².